The van der Waals surface area contributed by atoms with Crippen molar-refractivity contribution in [1.82, 2.24) is 0 Å². The molecule has 0 aromatic heterocycles. The Morgan fingerprint density at radius 3 is 2.68 bits per heavy atom. The minimum Gasteiger partial charge on any atom is -0.495 e. The molecular formula is C17H19ClN2O2. The van der Waals surface area contributed by atoms with Crippen molar-refractivity contribution in [3.05, 3.63) is 53.1 Å². The zero-order valence-electron chi connectivity index (χ0n) is 12.7. The van der Waals surface area contributed by atoms with Gasteiger partial charge in [-0.1, -0.05) is 36.7 Å². The first-order valence-corrected chi connectivity index (χ1v) is 7.47. The van der Waals surface area contributed by atoms with Crippen LogP contribution < -0.4 is 15.4 Å². The van der Waals surface area contributed by atoms with E-state index in [9.17, 15) is 4.79 Å². The van der Waals surface area contributed by atoms with E-state index in [4.69, 9.17) is 16.3 Å². The second kappa shape index (κ2) is 7.71. The first kappa shape index (κ1) is 16.2. The first-order chi connectivity index (χ1) is 10.6. The van der Waals surface area contributed by atoms with Gasteiger partial charge in [0.25, 0.3) is 0 Å². The van der Waals surface area contributed by atoms with Crippen molar-refractivity contribution in [2.75, 3.05) is 24.3 Å². The fourth-order valence-electron chi connectivity index (χ4n) is 2.13. The number of para-hydroxylation sites is 1. The second-order valence-corrected chi connectivity index (χ2v) is 5.17. The maximum atomic E-state index is 12.0. The van der Waals surface area contributed by atoms with Crippen molar-refractivity contribution >= 4 is 28.9 Å². The topological polar surface area (TPSA) is 50.4 Å². The molecular weight excluding hydrogens is 300 g/mol. The SMILES string of the molecule is CCc1ccccc1NCC(=O)Nc1ccc(OC)c(Cl)c1. The van der Waals surface area contributed by atoms with Gasteiger partial charge in [0.05, 0.1) is 18.7 Å². The predicted octanol–water partition coefficient (Wildman–Crippen LogP) is 3.96. The number of hydrogen-bond donors (Lipinski definition) is 2. The fraction of sp³-hybridized carbons (Fsp3) is 0.235. The Hall–Kier alpha value is -2.20. The largest absolute Gasteiger partial charge is 0.495 e. The van der Waals surface area contributed by atoms with E-state index in [0.717, 1.165) is 12.1 Å². The van der Waals surface area contributed by atoms with Gasteiger partial charge in [-0.2, -0.15) is 0 Å². The number of ether oxygens (including phenoxy) is 1. The molecule has 0 unspecified atom stereocenters. The van der Waals surface area contributed by atoms with Gasteiger partial charge in [-0.3, -0.25) is 4.79 Å². The number of methoxy groups -OCH3 is 1. The van der Waals surface area contributed by atoms with E-state index < -0.39 is 0 Å². The summed E-state index contributed by atoms with van der Waals surface area (Å²) in [6, 6.07) is 13.1. The van der Waals surface area contributed by atoms with Crippen LogP contribution >= 0.6 is 11.6 Å². The highest BCUT2D eigenvalue weighted by Crippen LogP contribution is 2.27. The van der Waals surface area contributed by atoms with E-state index in [1.54, 1.807) is 25.3 Å². The van der Waals surface area contributed by atoms with Gasteiger partial charge >= 0.3 is 0 Å². The molecule has 0 bridgehead atoms. The molecule has 0 heterocycles. The van der Waals surface area contributed by atoms with Gasteiger partial charge in [-0.05, 0) is 36.2 Å². The highest BCUT2D eigenvalue weighted by atomic mass is 35.5. The molecule has 0 atom stereocenters. The van der Waals surface area contributed by atoms with E-state index >= 15 is 0 Å². The van der Waals surface area contributed by atoms with E-state index in [0.29, 0.717) is 16.5 Å². The molecule has 0 aliphatic carbocycles. The highest BCUT2D eigenvalue weighted by Gasteiger charge is 2.06. The van der Waals surface area contributed by atoms with Crippen LogP contribution in [0, 0.1) is 0 Å². The van der Waals surface area contributed by atoms with Crippen LogP contribution in [0.15, 0.2) is 42.5 Å². The quantitative estimate of drug-likeness (QED) is 0.847. The van der Waals surface area contributed by atoms with Gasteiger partial charge in [-0.25, -0.2) is 0 Å². The van der Waals surface area contributed by atoms with Crippen molar-refractivity contribution in [2.45, 2.75) is 13.3 Å². The summed E-state index contributed by atoms with van der Waals surface area (Å²) in [7, 11) is 1.55. The van der Waals surface area contributed by atoms with Crippen molar-refractivity contribution in [3.8, 4) is 5.75 Å². The lowest BCUT2D eigenvalue weighted by Crippen LogP contribution is -2.22. The molecule has 0 radical (unpaired) electrons. The third-order valence-electron chi connectivity index (χ3n) is 3.27. The Balaban J connectivity index is 1.94. The van der Waals surface area contributed by atoms with Crippen LogP contribution in [-0.4, -0.2) is 19.6 Å². The summed E-state index contributed by atoms with van der Waals surface area (Å²) >= 11 is 6.03. The Morgan fingerprint density at radius 1 is 1.23 bits per heavy atom. The highest BCUT2D eigenvalue weighted by molar-refractivity contribution is 6.32. The minimum absolute atomic E-state index is 0.132. The lowest BCUT2D eigenvalue weighted by Gasteiger charge is -2.11. The van der Waals surface area contributed by atoms with E-state index in [1.165, 1.54) is 5.56 Å². The lowest BCUT2D eigenvalue weighted by molar-refractivity contribution is -0.114. The smallest absolute Gasteiger partial charge is 0.243 e. The molecule has 1 amide bonds. The number of anilines is 2. The number of hydrogen-bond acceptors (Lipinski definition) is 3. The number of carbonyl (C=O) groups excluding carboxylic acids is 1. The molecule has 0 saturated heterocycles. The molecule has 0 aliphatic rings. The average molecular weight is 319 g/mol. The number of halogens is 1. The molecule has 2 aromatic carbocycles. The molecule has 22 heavy (non-hydrogen) atoms. The van der Waals surface area contributed by atoms with Crippen LogP contribution in [0.25, 0.3) is 0 Å². The van der Waals surface area contributed by atoms with Gasteiger partial charge in [0.1, 0.15) is 5.75 Å². The molecule has 2 N–H and O–H groups in total. The number of aryl methyl sites for hydroxylation is 1. The van der Waals surface area contributed by atoms with Gasteiger partial charge in [0.2, 0.25) is 5.91 Å². The van der Waals surface area contributed by atoms with Crippen molar-refractivity contribution in [1.29, 1.82) is 0 Å². The van der Waals surface area contributed by atoms with Gasteiger partial charge in [0.15, 0.2) is 0 Å². The molecule has 0 saturated carbocycles. The summed E-state index contributed by atoms with van der Waals surface area (Å²) in [5, 5.41) is 6.41. The minimum atomic E-state index is -0.132. The van der Waals surface area contributed by atoms with E-state index in [-0.39, 0.29) is 12.5 Å². The van der Waals surface area contributed by atoms with Crippen LogP contribution in [-0.2, 0) is 11.2 Å². The maximum absolute atomic E-state index is 12.0. The van der Waals surface area contributed by atoms with Crippen molar-refractivity contribution in [3.63, 3.8) is 0 Å². The molecule has 116 valence electrons. The molecule has 0 aliphatic heterocycles. The molecule has 0 spiro atoms. The normalized spacial score (nSPS) is 10.1. The second-order valence-electron chi connectivity index (χ2n) is 4.76. The Morgan fingerprint density at radius 2 is 2.00 bits per heavy atom. The van der Waals surface area contributed by atoms with Crippen LogP contribution in [0.2, 0.25) is 5.02 Å². The third-order valence-corrected chi connectivity index (χ3v) is 3.57. The van der Waals surface area contributed by atoms with Crippen molar-refractivity contribution in [2.24, 2.45) is 0 Å². The summed E-state index contributed by atoms with van der Waals surface area (Å²) < 4.78 is 5.08. The van der Waals surface area contributed by atoms with Crippen molar-refractivity contribution < 1.29 is 9.53 Å². The summed E-state index contributed by atoms with van der Waals surface area (Å²) in [6.07, 6.45) is 0.916. The standard InChI is InChI=1S/C17H19ClN2O2/c1-3-12-6-4-5-7-15(12)19-11-17(21)20-13-8-9-16(22-2)14(18)10-13/h4-10,19H,3,11H2,1-2H3,(H,20,21). The zero-order valence-corrected chi connectivity index (χ0v) is 13.4. The molecule has 2 aromatic rings. The number of amides is 1. The lowest BCUT2D eigenvalue weighted by atomic mass is 10.1. The Kier molecular flexibility index (Phi) is 5.67. The number of carbonyl (C=O) groups is 1. The Bertz CT molecular complexity index is 659. The molecule has 5 heteroatoms. The van der Waals surface area contributed by atoms with Gasteiger partial charge in [0, 0.05) is 11.4 Å². The van der Waals surface area contributed by atoms with E-state index in [2.05, 4.69) is 17.6 Å². The van der Waals surface area contributed by atoms with E-state index in [1.807, 2.05) is 24.3 Å². The summed E-state index contributed by atoms with van der Waals surface area (Å²) in [5.74, 6) is 0.446. The first-order valence-electron chi connectivity index (χ1n) is 7.09. The van der Waals surface area contributed by atoms with Crippen LogP contribution in [0.3, 0.4) is 0 Å². The third kappa shape index (κ3) is 4.15. The van der Waals surface area contributed by atoms with Gasteiger partial charge in [-0.15, -0.1) is 0 Å². The predicted molar refractivity (Wildman–Crippen MR) is 90.9 cm³/mol. The molecule has 0 fully saturated rings. The molecule has 4 nitrogen and oxygen atoms in total. The number of nitrogens with one attached hydrogen (secondary N) is 2. The van der Waals surface area contributed by atoms with Crippen LogP contribution in [0.4, 0.5) is 11.4 Å². The number of rotatable bonds is 6. The summed E-state index contributed by atoms with van der Waals surface area (Å²) in [4.78, 5) is 12.0. The fourth-order valence-corrected chi connectivity index (χ4v) is 2.38. The van der Waals surface area contributed by atoms with Crippen LogP contribution in [0.5, 0.6) is 5.75 Å². The number of benzene rings is 2. The zero-order chi connectivity index (χ0) is 15.9. The van der Waals surface area contributed by atoms with Crippen LogP contribution in [0.1, 0.15) is 12.5 Å². The summed E-state index contributed by atoms with van der Waals surface area (Å²) in [6.45, 7) is 2.28. The summed E-state index contributed by atoms with van der Waals surface area (Å²) in [5.41, 5.74) is 2.80. The maximum Gasteiger partial charge on any atom is 0.243 e. The van der Waals surface area contributed by atoms with Gasteiger partial charge < -0.3 is 15.4 Å². The monoisotopic (exact) mass is 318 g/mol. The average Bonchev–Trinajstić information content (AvgIpc) is 2.53. The Labute approximate surface area is 135 Å². The molecule has 2 rings (SSSR count).